The Morgan fingerprint density at radius 1 is 0.520 bits per heavy atom. The maximum atomic E-state index is 13.0. The molecule has 0 spiro atoms. The first-order chi connectivity index (χ1) is 23.7. The number of aliphatic hydroxyl groups is 2. The van der Waals surface area contributed by atoms with Crippen LogP contribution in [0, 0.1) is 0 Å². The van der Waals surface area contributed by atoms with Gasteiger partial charge in [-0.25, -0.2) is 19.9 Å². The van der Waals surface area contributed by atoms with Gasteiger partial charge in [-0.1, -0.05) is 0 Å². The zero-order valence-electron chi connectivity index (χ0n) is 27.1. The summed E-state index contributed by atoms with van der Waals surface area (Å²) in [7, 11) is 0. The fourth-order valence-corrected chi connectivity index (χ4v) is 5.80. The topological polar surface area (TPSA) is 272 Å². The van der Waals surface area contributed by atoms with E-state index < -0.39 is 81.7 Å². The molecule has 2 heterocycles. The summed E-state index contributed by atoms with van der Waals surface area (Å²) in [4.78, 5) is 43.5. The van der Waals surface area contributed by atoms with Crippen LogP contribution in [-0.2, 0) is 13.2 Å². The highest BCUT2D eigenvalue weighted by molar-refractivity contribution is 6.12. The van der Waals surface area contributed by atoms with Gasteiger partial charge < -0.3 is 51.5 Å². The van der Waals surface area contributed by atoms with Crippen molar-refractivity contribution in [3.05, 3.63) is 46.5 Å². The Morgan fingerprint density at radius 3 is 1.18 bits per heavy atom. The number of rotatable bonds is 7. The molecule has 0 aliphatic carbocycles. The number of carbonyl (C=O) groups excluding carboxylic acids is 2. The molecule has 2 aromatic heterocycles. The van der Waals surface area contributed by atoms with Crippen LogP contribution in [0.2, 0.25) is 0 Å². The highest BCUT2D eigenvalue weighted by atomic mass is 16.3. The average Bonchev–Trinajstić information content (AvgIpc) is 3.05. The monoisotopic (exact) mass is 684 g/mol. The van der Waals surface area contributed by atoms with Crippen molar-refractivity contribution < 1.29 is 50.4 Å². The Morgan fingerprint density at radius 2 is 0.860 bits per heavy atom. The molecule has 0 radical (unpaired) electrons. The number of nitrogens with one attached hydrogen (secondary N) is 2. The van der Waals surface area contributed by atoms with Crippen LogP contribution in [0.4, 0.5) is 0 Å². The Bertz CT molecular complexity index is 2260. The van der Waals surface area contributed by atoms with Gasteiger partial charge in [-0.15, -0.1) is 0 Å². The Kier molecular flexibility index (Phi) is 8.29. The summed E-state index contributed by atoms with van der Waals surface area (Å²) in [5.41, 5.74) is -4.09. The van der Waals surface area contributed by atoms with Crippen molar-refractivity contribution >= 4 is 55.9 Å². The first-order valence-corrected chi connectivity index (χ1v) is 15.3. The SMILES string of the molecule is CC(C)NC(=O)c1ccc(O)c2nc3c(CO)c(O)c(-c4c(O)c(CO)c5nc6c(O)ccc(C(=O)NC(C)C)c6nc5c4O)c(O)c3nc12. The van der Waals surface area contributed by atoms with Crippen molar-refractivity contribution in [1.29, 1.82) is 0 Å². The fraction of sp³-hybridized carbons (Fsp3) is 0.235. The number of aromatic nitrogens is 4. The van der Waals surface area contributed by atoms with Crippen LogP contribution >= 0.6 is 0 Å². The van der Waals surface area contributed by atoms with E-state index in [-0.39, 0.29) is 67.4 Å². The summed E-state index contributed by atoms with van der Waals surface area (Å²) in [6, 6.07) is 4.48. The van der Waals surface area contributed by atoms with E-state index in [4.69, 9.17) is 0 Å². The molecule has 0 aliphatic heterocycles. The van der Waals surface area contributed by atoms with Crippen LogP contribution in [-0.4, -0.2) is 84.7 Å². The van der Waals surface area contributed by atoms with Gasteiger partial charge in [0, 0.05) is 23.2 Å². The molecule has 6 rings (SSSR count). The Hall–Kier alpha value is -6.26. The molecule has 0 unspecified atom stereocenters. The second-order valence-electron chi connectivity index (χ2n) is 12.2. The molecule has 4 aromatic carbocycles. The molecule has 6 aromatic rings. The minimum atomic E-state index is -0.913. The van der Waals surface area contributed by atoms with Gasteiger partial charge in [-0.3, -0.25) is 9.59 Å². The molecule has 258 valence electrons. The maximum absolute atomic E-state index is 13.0. The highest BCUT2D eigenvalue weighted by Gasteiger charge is 2.31. The van der Waals surface area contributed by atoms with Crippen molar-refractivity contribution in [3.63, 3.8) is 0 Å². The summed E-state index contributed by atoms with van der Waals surface area (Å²) in [6.07, 6.45) is 0. The molecular weight excluding hydrogens is 652 g/mol. The first kappa shape index (κ1) is 33.6. The number of carbonyl (C=O) groups is 2. The molecule has 50 heavy (non-hydrogen) atoms. The van der Waals surface area contributed by atoms with Gasteiger partial charge in [0.25, 0.3) is 11.8 Å². The predicted molar refractivity (Wildman–Crippen MR) is 180 cm³/mol. The van der Waals surface area contributed by atoms with E-state index >= 15 is 0 Å². The smallest absolute Gasteiger partial charge is 0.253 e. The molecule has 0 aliphatic rings. The molecule has 10 N–H and O–H groups in total. The molecule has 0 saturated heterocycles. The number of phenols is 6. The van der Waals surface area contributed by atoms with E-state index in [0.717, 1.165) is 0 Å². The number of aliphatic hydroxyl groups excluding tert-OH is 2. The lowest BCUT2D eigenvalue weighted by Gasteiger charge is -2.19. The highest BCUT2D eigenvalue weighted by Crippen LogP contribution is 2.54. The van der Waals surface area contributed by atoms with Gasteiger partial charge in [0.2, 0.25) is 0 Å². The largest absolute Gasteiger partial charge is 0.507 e. The van der Waals surface area contributed by atoms with Crippen LogP contribution in [0.25, 0.3) is 55.3 Å². The quantitative estimate of drug-likeness (QED) is 0.108. The molecule has 16 nitrogen and oxygen atoms in total. The average molecular weight is 685 g/mol. The third-order valence-electron chi connectivity index (χ3n) is 8.04. The molecule has 0 fully saturated rings. The fourth-order valence-electron chi connectivity index (χ4n) is 5.80. The summed E-state index contributed by atoms with van der Waals surface area (Å²) in [6.45, 7) is 5.10. The number of benzene rings is 4. The summed E-state index contributed by atoms with van der Waals surface area (Å²) >= 11 is 0. The van der Waals surface area contributed by atoms with Crippen LogP contribution in [0.1, 0.15) is 59.5 Å². The number of nitrogens with zero attached hydrogens (tertiary/aromatic N) is 4. The van der Waals surface area contributed by atoms with Gasteiger partial charge >= 0.3 is 0 Å². The summed E-state index contributed by atoms with van der Waals surface area (Å²) < 4.78 is 0. The first-order valence-electron chi connectivity index (χ1n) is 15.3. The zero-order valence-corrected chi connectivity index (χ0v) is 27.1. The minimum absolute atomic E-state index is 0.0258. The van der Waals surface area contributed by atoms with Gasteiger partial charge in [-0.2, -0.15) is 0 Å². The number of fused-ring (bicyclic) bond motifs is 4. The standard InChI is InChI=1S/C34H32N6O10/c1-11(2)35-33(49)13-5-7-17(43)25-21(13)39-27-23(37-25)15(9-41)29(45)19(31(27)47)20-30(46)16(10-42)24-28(32(20)48)40-22-14(34(50)36-12(3)4)6-8-18(44)26(22)38-24/h5-8,11-12,41-48H,9-10H2,1-4H3,(H,35,49)(H,36,50). The van der Waals surface area contributed by atoms with E-state index in [2.05, 4.69) is 30.6 Å². The number of phenolic OH excluding ortho intramolecular Hbond substituents is 4. The summed E-state index contributed by atoms with van der Waals surface area (Å²) in [5, 5.41) is 93.7. The Labute approximate surface area is 282 Å². The Balaban J connectivity index is 1.73. The molecule has 0 saturated carbocycles. The zero-order chi connectivity index (χ0) is 36.3. The van der Waals surface area contributed by atoms with Crippen molar-refractivity contribution in [3.8, 4) is 45.6 Å². The summed E-state index contributed by atoms with van der Waals surface area (Å²) in [5.74, 6) is -5.41. The van der Waals surface area contributed by atoms with Crippen molar-refractivity contribution in [2.45, 2.75) is 53.0 Å². The molecule has 2 amide bonds. The lowest BCUT2D eigenvalue weighted by atomic mass is 9.93. The normalized spacial score (nSPS) is 11.8. The van der Waals surface area contributed by atoms with Crippen molar-refractivity contribution in [2.24, 2.45) is 0 Å². The number of hydrogen-bond acceptors (Lipinski definition) is 14. The number of hydrogen-bond donors (Lipinski definition) is 10. The van der Waals surface area contributed by atoms with E-state index in [9.17, 15) is 50.4 Å². The van der Waals surface area contributed by atoms with Crippen LogP contribution < -0.4 is 10.6 Å². The van der Waals surface area contributed by atoms with E-state index in [1.807, 2.05) is 0 Å². The second-order valence-corrected chi connectivity index (χ2v) is 12.2. The van der Waals surface area contributed by atoms with E-state index in [1.165, 1.54) is 24.3 Å². The van der Waals surface area contributed by atoms with Gasteiger partial charge in [0.1, 0.15) is 67.1 Å². The van der Waals surface area contributed by atoms with Crippen LogP contribution in [0.3, 0.4) is 0 Å². The van der Waals surface area contributed by atoms with Crippen LogP contribution in [0.5, 0.6) is 34.5 Å². The molecular formula is C34H32N6O10. The lowest BCUT2D eigenvalue weighted by Crippen LogP contribution is -2.30. The third-order valence-corrected chi connectivity index (χ3v) is 8.04. The van der Waals surface area contributed by atoms with Crippen LogP contribution in [0.15, 0.2) is 24.3 Å². The molecule has 0 bridgehead atoms. The molecule has 16 heteroatoms. The predicted octanol–water partition coefficient (Wildman–Crippen LogP) is 3.04. The third kappa shape index (κ3) is 5.17. The van der Waals surface area contributed by atoms with Crippen molar-refractivity contribution in [1.82, 2.24) is 30.6 Å². The number of aromatic hydroxyl groups is 6. The number of amides is 2. The van der Waals surface area contributed by atoms with E-state index in [1.54, 1.807) is 27.7 Å². The van der Waals surface area contributed by atoms with Gasteiger partial charge in [0.15, 0.2) is 11.5 Å². The van der Waals surface area contributed by atoms with Gasteiger partial charge in [0.05, 0.1) is 35.5 Å². The second kappa shape index (κ2) is 12.3. The van der Waals surface area contributed by atoms with Crippen molar-refractivity contribution in [2.75, 3.05) is 0 Å². The van der Waals surface area contributed by atoms with E-state index in [0.29, 0.717) is 0 Å². The van der Waals surface area contributed by atoms with Gasteiger partial charge in [-0.05, 0) is 52.0 Å². The molecule has 0 atom stereocenters. The lowest BCUT2D eigenvalue weighted by molar-refractivity contribution is 0.0936. The maximum Gasteiger partial charge on any atom is 0.253 e. The minimum Gasteiger partial charge on any atom is -0.507 e.